The highest BCUT2D eigenvalue weighted by molar-refractivity contribution is 5.65. The lowest BCUT2D eigenvalue weighted by molar-refractivity contribution is 0.500. The van der Waals surface area contributed by atoms with Crippen LogP contribution >= 0.6 is 0 Å². The zero-order valence-electron chi connectivity index (χ0n) is 12.9. The molecule has 2 aromatic rings. The molecular weight excluding hydrogens is 264 g/mol. The molecule has 2 N–H and O–H groups in total. The Morgan fingerprint density at radius 3 is 2.81 bits per heavy atom. The number of nitrogens with two attached hydrogens (primary N) is 1. The van der Waals surface area contributed by atoms with E-state index >= 15 is 0 Å². The van der Waals surface area contributed by atoms with Crippen LogP contribution in [0.1, 0.15) is 24.2 Å². The number of piperidine rings is 1. The average Bonchev–Trinajstić information content (AvgIpc) is 2.72. The van der Waals surface area contributed by atoms with Gasteiger partial charge in [-0.3, -0.25) is 4.68 Å². The number of hydrogen-bond acceptors (Lipinski definition) is 5. The van der Waals surface area contributed by atoms with E-state index in [2.05, 4.69) is 21.9 Å². The summed E-state index contributed by atoms with van der Waals surface area (Å²) in [5, 5.41) is 4.46. The van der Waals surface area contributed by atoms with Crippen molar-refractivity contribution in [2.75, 3.05) is 18.0 Å². The van der Waals surface area contributed by atoms with E-state index in [1.54, 1.807) is 0 Å². The van der Waals surface area contributed by atoms with Crippen molar-refractivity contribution in [3.05, 3.63) is 23.7 Å². The van der Waals surface area contributed by atoms with Crippen molar-refractivity contribution in [2.45, 2.75) is 32.7 Å². The van der Waals surface area contributed by atoms with Crippen LogP contribution in [0.3, 0.4) is 0 Å². The Balaban J connectivity index is 1.96. The first kappa shape index (κ1) is 14.0. The Hall–Kier alpha value is -1.95. The fourth-order valence-electron chi connectivity index (χ4n) is 2.98. The van der Waals surface area contributed by atoms with E-state index in [0.717, 1.165) is 54.5 Å². The van der Waals surface area contributed by atoms with E-state index in [4.69, 9.17) is 10.7 Å². The van der Waals surface area contributed by atoms with Gasteiger partial charge in [0.15, 0.2) is 0 Å². The molecule has 0 saturated carbocycles. The van der Waals surface area contributed by atoms with Crippen LogP contribution in [0.15, 0.2) is 12.3 Å². The summed E-state index contributed by atoms with van der Waals surface area (Å²) in [5.74, 6) is 0.769. The molecule has 112 valence electrons. The van der Waals surface area contributed by atoms with Gasteiger partial charge in [-0.05, 0) is 32.8 Å². The number of rotatable bonds is 2. The molecule has 6 heteroatoms. The Morgan fingerprint density at radius 2 is 2.14 bits per heavy atom. The molecule has 1 aliphatic heterocycles. The van der Waals surface area contributed by atoms with Crippen LogP contribution in [-0.2, 0) is 7.05 Å². The molecule has 3 heterocycles. The number of anilines is 1. The van der Waals surface area contributed by atoms with Crippen molar-refractivity contribution < 1.29 is 0 Å². The van der Waals surface area contributed by atoms with E-state index in [-0.39, 0.29) is 6.04 Å². The molecule has 1 aliphatic rings. The second-order valence-corrected chi connectivity index (χ2v) is 5.76. The molecule has 0 aliphatic carbocycles. The molecule has 1 unspecified atom stereocenters. The van der Waals surface area contributed by atoms with Gasteiger partial charge < -0.3 is 10.6 Å². The van der Waals surface area contributed by atoms with Crippen LogP contribution in [-0.4, -0.2) is 38.9 Å². The summed E-state index contributed by atoms with van der Waals surface area (Å²) < 4.78 is 1.89. The fourth-order valence-corrected chi connectivity index (χ4v) is 2.98. The summed E-state index contributed by atoms with van der Waals surface area (Å²) in [7, 11) is 1.96. The van der Waals surface area contributed by atoms with Gasteiger partial charge in [0.05, 0.1) is 11.4 Å². The van der Waals surface area contributed by atoms with E-state index in [1.807, 2.05) is 30.9 Å². The number of nitrogens with zero attached hydrogens (tertiary/aromatic N) is 5. The maximum Gasteiger partial charge on any atom is 0.225 e. The molecule has 0 radical (unpaired) electrons. The first-order chi connectivity index (χ1) is 10.1. The zero-order valence-corrected chi connectivity index (χ0v) is 12.9. The van der Waals surface area contributed by atoms with Crippen molar-refractivity contribution in [3.63, 3.8) is 0 Å². The van der Waals surface area contributed by atoms with Crippen molar-refractivity contribution in [1.29, 1.82) is 0 Å². The number of aryl methyl sites for hydroxylation is 2. The Bertz CT molecular complexity index is 648. The van der Waals surface area contributed by atoms with Crippen molar-refractivity contribution >= 4 is 5.95 Å². The molecule has 0 bridgehead atoms. The minimum Gasteiger partial charge on any atom is -0.339 e. The highest BCUT2D eigenvalue weighted by atomic mass is 15.3. The van der Waals surface area contributed by atoms with Crippen molar-refractivity contribution in [2.24, 2.45) is 12.8 Å². The summed E-state index contributed by atoms with van der Waals surface area (Å²) >= 11 is 0. The molecule has 1 fully saturated rings. The third-order valence-corrected chi connectivity index (χ3v) is 4.15. The molecular formula is C15H22N6. The smallest absolute Gasteiger partial charge is 0.225 e. The minimum absolute atomic E-state index is 0.216. The van der Waals surface area contributed by atoms with Gasteiger partial charge in [0.1, 0.15) is 0 Å². The predicted octanol–water partition coefficient (Wildman–Crippen LogP) is 1.42. The molecule has 6 nitrogen and oxygen atoms in total. The Morgan fingerprint density at radius 1 is 1.33 bits per heavy atom. The molecule has 0 amide bonds. The van der Waals surface area contributed by atoms with Gasteiger partial charge in [0, 0.05) is 43.6 Å². The van der Waals surface area contributed by atoms with Gasteiger partial charge in [-0.2, -0.15) is 5.10 Å². The van der Waals surface area contributed by atoms with Crippen LogP contribution in [0, 0.1) is 13.8 Å². The lowest BCUT2D eigenvalue weighted by atomic mass is 10.1. The monoisotopic (exact) mass is 286 g/mol. The molecule has 2 aromatic heterocycles. The topological polar surface area (TPSA) is 72.9 Å². The predicted molar refractivity (Wildman–Crippen MR) is 83.1 cm³/mol. The van der Waals surface area contributed by atoms with Gasteiger partial charge in [-0.1, -0.05) is 0 Å². The van der Waals surface area contributed by atoms with Crippen LogP contribution in [0.25, 0.3) is 11.3 Å². The first-order valence-electron chi connectivity index (χ1n) is 7.40. The van der Waals surface area contributed by atoms with Gasteiger partial charge >= 0.3 is 0 Å². The summed E-state index contributed by atoms with van der Waals surface area (Å²) in [4.78, 5) is 11.3. The molecule has 21 heavy (non-hydrogen) atoms. The molecule has 0 aromatic carbocycles. The third kappa shape index (κ3) is 2.63. The van der Waals surface area contributed by atoms with Gasteiger partial charge in [-0.15, -0.1) is 0 Å². The number of aromatic nitrogens is 4. The van der Waals surface area contributed by atoms with Crippen LogP contribution in [0.2, 0.25) is 0 Å². The van der Waals surface area contributed by atoms with Gasteiger partial charge in [0.2, 0.25) is 5.95 Å². The molecule has 3 rings (SSSR count). The second kappa shape index (κ2) is 5.44. The summed E-state index contributed by atoms with van der Waals surface area (Å²) in [5.41, 5.74) is 10.2. The lowest BCUT2D eigenvalue weighted by Crippen LogP contribution is -2.43. The average molecular weight is 286 g/mol. The highest BCUT2D eigenvalue weighted by Crippen LogP contribution is 2.26. The van der Waals surface area contributed by atoms with Crippen molar-refractivity contribution in [1.82, 2.24) is 19.7 Å². The normalized spacial score (nSPS) is 19.0. The standard InChI is InChI=1S/C15H22N6/c1-10-14(11(2)20(3)19-10)13-6-7-17-15(18-13)21-8-4-5-12(16)9-21/h6-7,12H,4-5,8-9,16H2,1-3H3. The Labute approximate surface area is 125 Å². The Kier molecular flexibility index (Phi) is 3.63. The lowest BCUT2D eigenvalue weighted by Gasteiger charge is -2.30. The van der Waals surface area contributed by atoms with E-state index in [9.17, 15) is 0 Å². The zero-order chi connectivity index (χ0) is 15.0. The first-order valence-corrected chi connectivity index (χ1v) is 7.40. The fraction of sp³-hybridized carbons (Fsp3) is 0.533. The summed E-state index contributed by atoms with van der Waals surface area (Å²) in [6.07, 6.45) is 4.00. The quantitative estimate of drug-likeness (QED) is 0.904. The van der Waals surface area contributed by atoms with Gasteiger partial charge in [-0.25, -0.2) is 9.97 Å². The molecule has 0 spiro atoms. The van der Waals surface area contributed by atoms with Crippen LogP contribution in [0.5, 0.6) is 0 Å². The van der Waals surface area contributed by atoms with E-state index in [0.29, 0.717) is 0 Å². The van der Waals surface area contributed by atoms with E-state index < -0.39 is 0 Å². The number of hydrogen-bond donors (Lipinski definition) is 1. The second-order valence-electron chi connectivity index (χ2n) is 5.76. The van der Waals surface area contributed by atoms with Crippen LogP contribution in [0.4, 0.5) is 5.95 Å². The summed E-state index contributed by atoms with van der Waals surface area (Å²) in [6, 6.07) is 2.16. The maximum atomic E-state index is 6.05. The SMILES string of the molecule is Cc1nn(C)c(C)c1-c1ccnc(N2CCCC(N)C2)n1. The summed E-state index contributed by atoms with van der Waals surface area (Å²) in [6.45, 7) is 5.88. The van der Waals surface area contributed by atoms with Crippen LogP contribution < -0.4 is 10.6 Å². The highest BCUT2D eigenvalue weighted by Gasteiger charge is 2.20. The molecule has 1 atom stereocenters. The minimum atomic E-state index is 0.216. The molecule has 1 saturated heterocycles. The van der Waals surface area contributed by atoms with Crippen molar-refractivity contribution in [3.8, 4) is 11.3 Å². The largest absolute Gasteiger partial charge is 0.339 e. The maximum absolute atomic E-state index is 6.05. The third-order valence-electron chi connectivity index (χ3n) is 4.15. The van der Waals surface area contributed by atoms with E-state index in [1.165, 1.54) is 0 Å². The van der Waals surface area contributed by atoms with Gasteiger partial charge in [0.25, 0.3) is 0 Å².